The maximum atomic E-state index is 10.4. The molecule has 0 saturated carbocycles. The molecule has 0 bridgehead atoms. The maximum Gasteiger partial charge on any atom is 0.331 e. The Labute approximate surface area is 53.8 Å². The topological polar surface area (TPSA) is 26.3 Å². The van der Waals surface area contributed by atoms with Crippen LogP contribution in [0.15, 0.2) is 23.8 Å². The van der Waals surface area contributed by atoms with Crippen molar-refractivity contribution < 1.29 is 9.53 Å². The van der Waals surface area contributed by atoms with Gasteiger partial charge >= 0.3 is 5.97 Å². The predicted octanol–water partition coefficient (Wildman–Crippen LogP) is 1.05. The first-order valence-electron chi connectivity index (χ1n) is 2.83. The number of carbonyl (C=O) groups is 1. The molecule has 0 unspecified atom stereocenters. The van der Waals surface area contributed by atoms with Gasteiger partial charge in [0.05, 0.1) is 0 Å². The van der Waals surface area contributed by atoms with Gasteiger partial charge in [0, 0.05) is 6.08 Å². The normalized spacial score (nSPS) is 18.3. The summed E-state index contributed by atoms with van der Waals surface area (Å²) < 4.78 is 4.64. The monoisotopic (exact) mass is 124 g/mol. The van der Waals surface area contributed by atoms with Crippen LogP contribution in [0.1, 0.15) is 6.92 Å². The van der Waals surface area contributed by atoms with Crippen LogP contribution in [0.3, 0.4) is 0 Å². The van der Waals surface area contributed by atoms with Crippen molar-refractivity contribution in [1.29, 1.82) is 0 Å². The minimum atomic E-state index is -0.233. The summed E-state index contributed by atoms with van der Waals surface area (Å²) in [6.07, 6.45) is 5.25. The molecule has 2 nitrogen and oxygen atoms in total. The van der Waals surface area contributed by atoms with E-state index in [0.29, 0.717) is 6.61 Å². The number of cyclic esters (lactones) is 1. The van der Waals surface area contributed by atoms with Crippen molar-refractivity contribution in [2.45, 2.75) is 6.92 Å². The van der Waals surface area contributed by atoms with E-state index in [1.165, 1.54) is 6.08 Å². The van der Waals surface area contributed by atoms with Crippen LogP contribution < -0.4 is 0 Å². The molecular formula is C7H8O2. The SMILES string of the molecule is CC=CC1=CC(=O)OC1. The van der Waals surface area contributed by atoms with E-state index in [-0.39, 0.29) is 5.97 Å². The molecule has 0 aromatic rings. The molecule has 0 aliphatic carbocycles. The molecule has 9 heavy (non-hydrogen) atoms. The molecule has 0 radical (unpaired) electrons. The van der Waals surface area contributed by atoms with Crippen molar-refractivity contribution in [2.24, 2.45) is 0 Å². The lowest BCUT2D eigenvalue weighted by atomic mass is 10.3. The molecule has 1 aliphatic heterocycles. The summed E-state index contributed by atoms with van der Waals surface area (Å²) in [5.74, 6) is -0.233. The first kappa shape index (κ1) is 6.08. The minimum Gasteiger partial charge on any atom is -0.458 e. The highest BCUT2D eigenvalue weighted by molar-refractivity contribution is 5.85. The first-order chi connectivity index (χ1) is 4.33. The summed E-state index contributed by atoms with van der Waals surface area (Å²) in [7, 11) is 0. The number of hydrogen-bond donors (Lipinski definition) is 0. The summed E-state index contributed by atoms with van der Waals surface area (Å²) in [6, 6.07) is 0. The Kier molecular flexibility index (Phi) is 1.68. The van der Waals surface area contributed by atoms with Crippen molar-refractivity contribution >= 4 is 5.97 Å². The van der Waals surface area contributed by atoms with Gasteiger partial charge in [-0.1, -0.05) is 12.2 Å². The Morgan fingerprint density at radius 1 is 1.78 bits per heavy atom. The van der Waals surface area contributed by atoms with Crippen LogP contribution in [0.4, 0.5) is 0 Å². The third-order valence-electron chi connectivity index (χ3n) is 1.07. The number of ether oxygens (including phenoxy) is 1. The third kappa shape index (κ3) is 1.42. The average Bonchev–Trinajstić information content (AvgIpc) is 2.17. The fourth-order valence-corrected chi connectivity index (χ4v) is 0.699. The smallest absolute Gasteiger partial charge is 0.331 e. The largest absolute Gasteiger partial charge is 0.458 e. The van der Waals surface area contributed by atoms with Gasteiger partial charge in [-0.2, -0.15) is 0 Å². The molecule has 0 aromatic heterocycles. The van der Waals surface area contributed by atoms with Gasteiger partial charge in [0.1, 0.15) is 6.61 Å². The lowest BCUT2D eigenvalue weighted by Crippen LogP contribution is -1.90. The van der Waals surface area contributed by atoms with Gasteiger partial charge in [0.25, 0.3) is 0 Å². The van der Waals surface area contributed by atoms with E-state index in [0.717, 1.165) is 5.57 Å². The second-order valence-electron chi connectivity index (χ2n) is 1.83. The van der Waals surface area contributed by atoms with Gasteiger partial charge in [-0.25, -0.2) is 4.79 Å². The second kappa shape index (κ2) is 2.49. The zero-order chi connectivity index (χ0) is 6.69. The van der Waals surface area contributed by atoms with Crippen LogP contribution >= 0.6 is 0 Å². The van der Waals surface area contributed by atoms with E-state index < -0.39 is 0 Å². The van der Waals surface area contributed by atoms with Gasteiger partial charge in [-0.15, -0.1) is 0 Å². The number of allylic oxidation sites excluding steroid dienone is 1. The quantitative estimate of drug-likeness (QED) is 0.488. The zero-order valence-electron chi connectivity index (χ0n) is 5.26. The summed E-state index contributed by atoms with van der Waals surface area (Å²) in [6.45, 7) is 2.34. The van der Waals surface area contributed by atoms with Crippen LogP contribution in [0.5, 0.6) is 0 Å². The van der Waals surface area contributed by atoms with Gasteiger partial charge < -0.3 is 4.74 Å². The molecule has 48 valence electrons. The summed E-state index contributed by atoms with van der Waals surface area (Å²) in [4.78, 5) is 10.4. The highest BCUT2D eigenvalue weighted by Crippen LogP contribution is 2.05. The number of rotatable bonds is 1. The van der Waals surface area contributed by atoms with Crippen molar-refractivity contribution in [2.75, 3.05) is 6.61 Å². The molecule has 0 N–H and O–H groups in total. The zero-order valence-corrected chi connectivity index (χ0v) is 5.26. The van der Waals surface area contributed by atoms with Crippen LogP contribution in [0.25, 0.3) is 0 Å². The van der Waals surface area contributed by atoms with Crippen LogP contribution in [0, 0.1) is 0 Å². The van der Waals surface area contributed by atoms with E-state index in [2.05, 4.69) is 4.74 Å². The predicted molar refractivity (Wildman–Crippen MR) is 33.9 cm³/mol. The fourth-order valence-electron chi connectivity index (χ4n) is 0.699. The van der Waals surface area contributed by atoms with Crippen molar-refractivity contribution in [3.63, 3.8) is 0 Å². The molecule has 0 amide bonds. The highest BCUT2D eigenvalue weighted by Gasteiger charge is 2.08. The Hall–Kier alpha value is -1.05. The molecule has 0 spiro atoms. The van der Waals surface area contributed by atoms with Crippen LogP contribution in [0.2, 0.25) is 0 Å². The van der Waals surface area contributed by atoms with Gasteiger partial charge in [-0.05, 0) is 12.5 Å². The van der Waals surface area contributed by atoms with Crippen LogP contribution in [-0.2, 0) is 9.53 Å². The molecular weight excluding hydrogens is 116 g/mol. The number of hydrogen-bond acceptors (Lipinski definition) is 2. The van der Waals surface area contributed by atoms with Crippen LogP contribution in [-0.4, -0.2) is 12.6 Å². The number of carbonyl (C=O) groups excluding carboxylic acids is 1. The maximum absolute atomic E-state index is 10.4. The van der Waals surface area contributed by atoms with Gasteiger partial charge in [0.15, 0.2) is 0 Å². The van der Waals surface area contributed by atoms with E-state index in [1.807, 2.05) is 19.1 Å². The van der Waals surface area contributed by atoms with E-state index in [9.17, 15) is 4.79 Å². The average molecular weight is 124 g/mol. The van der Waals surface area contributed by atoms with Crippen molar-refractivity contribution in [1.82, 2.24) is 0 Å². The molecule has 0 saturated heterocycles. The van der Waals surface area contributed by atoms with E-state index in [4.69, 9.17) is 0 Å². The molecule has 1 aliphatic rings. The number of esters is 1. The standard InChI is InChI=1S/C7H8O2/c1-2-3-6-4-7(8)9-5-6/h2-4H,5H2,1H3. The van der Waals surface area contributed by atoms with E-state index >= 15 is 0 Å². The molecule has 0 atom stereocenters. The molecule has 0 aromatic carbocycles. The Morgan fingerprint density at radius 3 is 3.00 bits per heavy atom. The highest BCUT2D eigenvalue weighted by atomic mass is 16.5. The molecule has 0 fully saturated rings. The van der Waals surface area contributed by atoms with Crippen molar-refractivity contribution in [3.05, 3.63) is 23.8 Å². The van der Waals surface area contributed by atoms with Gasteiger partial charge in [-0.3, -0.25) is 0 Å². The van der Waals surface area contributed by atoms with Crippen molar-refractivity contribution in [3.8, 4) is 0 Å². The Morgan fingerprint density at radius 2 is 2.56 bits per heavy atom. The molecule has 1 rings (SSSR count). The third-order valence-corrected chi connectivity index (χ3v) is 1.07. The fraction of sp³-hybridized carbons (Fsp3) is 0.286. The minimum absolute atomic E-state index is 0.233. The summed E-state index contributed by atoms with van der Waals surface area (Å²) >= 11 is 0. The summed E-state index contributed by atoms with van der Waals surface area (Å²) in [5.41, 5.74) is 0.947. The second-order valence-corrected chi connectivity index (χ2v) is 1.83. The lowest BCUT2D eigenvalue weighted by Gasteiger charge is -1.87. The lowest BCUT2D eigenvalue weighted by molar-refractivity contribution is -0.134. The first-order valence-corrected chi connectivity index (χ1v) is 2.83. The molecule has 2 heteroatoms. The Balaban J connectivity index is 2.62. The molecule has 1 heterocycles. The summed E-state index contributed by atoms with van der Waals surface area (Å²) in [5, 5.41) is 0. The van der Waals surface area contributed by atoms with Gasteiger partial charge in [0.2, 0.25) is 0 Å². The Bertz CT molecular complexity index is 177. The van der Waals surface area contributed by atoms with E-state index in [1.54, 1.807) is 0 Å².